The zero-order valence-corrected chi connectivity index (χ0v) is 11.2. The summed E-state index contributed by atoms with van der Waals surface area (Å²) in [7, 11) is 0. The van der Waals surface area contributed by atoms with Crippen molar-refractivity contribution in [3.05, 3.63) is 0 Å². The number of carboxylic acid groups (broad SMARTS) is 3. The number of hydrogen-bond acceptors (Lipinski definition) is 3. The van der Waals surface area contributed by atoms with Crippen molar-refractivity contribution in [3.8, 4) is 0 Å². The highest BCUT2D eigenvalue weighted by atomic mass is 16.4. The molecule has 0 saturated carbocycles. The van der Waals surface area contributed by atoms with E-state index in [0.717, 1.165) is 6.42 Å². The van der Waals surface area contributed by atoms with Crippen molar-refractivity contribution >= 4 is 17.9 Å². The zero-order chi connectivity index (χ0) is 14.8. The molecule has 0 aliphatic rings. The first kappa shape index (κ1) is 17.4. The Kier molecular flexibility index (Phi) is 8.57. The van der Waals surface area contributed by atoms with Gasteiger partial charge in [-0.2, -0.15) is 0 Å². The van der Waals surface area contributed by atoms with E-state index < -0.39 is 29.7 Å². The van der Waals surface area contributed by atoms with Crippen LogP contribution in [-0.2, 0) is 14.4 Å². The number of rotatable bonds is 11. The van der Waals surface area contributed by atoms with Gasteiger partial charge in [0.1, 0.15) is 0 Å². The van der Waals surface area contributed by atoms with Gasteiger partial charge >= 0.3 is 17.9 Å². The fraction of sp³-hybridized carbons (Fsp3) is 0.769. The first-order chi connectivity index (χ1) is 8.88. The molecular formula is C13H22O6. The van der Waals surface area contributed by atoms with Crippen molar-refractivity contribution in [2.45, 2.75) is 51.9 Å². The second-order valence-electron chi connectivity index (χ2n) is 4.72. The van der Waals surface area contributed by atoms with E-state index in [0.29, 0.717) is 19.3 Å². The summed E-state index contributed by atoms with van der Waals surface area (Å²) in [4.78, 5) is 32.3. The smallest absolute Gasteiger partial charge is 0.306 e. The number of hydrogen-bond donors (Lipinski definition) is 3. The maximum Gasteiger partial charge on any atom is 0.306 e. The Morgan fingerprint density at radius 2 is 1.32 bits per heavy atom. The van der Waals surface area contributed by atoms with E-state index in [4.69, 9.17) is 15.3 Å². The minimum atomic E-state index is -0.981. The van der Waals surface area contributed by atoms with E-state index in [2.05, 4.69) is 0 Å². The van der Waals surface area contributed by atoms with Crippen molar-refractivity contribution in [2.75, 3.05) is 0 Å². The molecule has 0 fully saturated rings. The summed E-state index contributed by atoms with van der Waals surface area (Å²) in [6, 6.07) is 0. The van der Waals surface area contributed by atoms with E-state index in [1.165, 1.54) is 0 Å². The van der Waals surface area contributed by atoms with Gasteiger partial charge in [-0.15, -0.1) is 0 Å². The van der Waals surface area contributed by atoms with Gasteiger partial charge < -0.3 is 15.3 Å². The molecule has 3 N–H and O–H groups in total. The molecule has 0 rings (SSSR count). The lowest BCUT2D eigenvalue weighted by Crippen LogP contribution is -2.19. The number of carboxylic acids is 3. The Hall–Kier alpha value is -1.59. The molecule has 0 radical (unpaired) electrons. The lowest BCUT2D eigenvalue weighted by Gasteiger charge is -2.15. The summed E-state index contributed by atoms with van der Waals surface area (Å²) >= 11 is 0. The van der Waals surface area contributed by atoms with Gasteiger partial charge in [-0.05, 0) is 32.1 Å². The van der Waals surface area contributed by atoms with Crippen molar-refractivity contribution < 1.29 is 29.7 Å². The van der Waals surface area contributed by atoms with E-state index in [9.17, 15) is 14.4 Å². The third kappa shape index (κ3) is 8.18. The maximum atomic E-state index is 11.0. The largest absolute Gasteiger partial charge is 0.481 e. The zero-order valence-electron chi connectivity index (χ0n) is 11.2. The van der Waals surface area contributed by atoms with Gasteiger partial charge in [-0.1, -0.05) is 13.3 Å². The fourth-order valence-electron chi connectivity index (χ4n) is 2.03. The van der Waals surface area contributed by atoms with Gasteiger partial charge in [0.25, 0.3) is 0 Å². The highest BCUT2D eigenvalue weighted by Gasteiger charge is 2.22. The Bertz CT molecular complexity index is 312. The molecule has 0 heterocycles. The molecule has 0 aliphatic heterocycles. The van der Waals surface area contributed by atoms with Crippen LogP contribution in [0, 0.1) is 11.8 Å². The lowest BCUT2D eigenvalue weighted by molar-refractivity contribution is -0.145. The molecule has 6 nitrogen and oxygen atoms in total. The Labute approximate surface area is 112 Å². The molecule has 0 aliphatic carbocycles. The van der Waals surface area contributed by atoms with Crippen molar-refractivity contribution in [2.24, 2.45) is 11.8 Å². The minimum Gasteiger partial charge on any atom is -0.481 e. The van der Waals surface area contributed by atoms with Gasteiger partial charge in [-0.25, -0.2) is 0 Å². The van der Waals surface area contributed by atoms with E-state index in [1.54, 1.807) is 0 Å². The molecule has 0 spiro atoms. The Balaban J connectivity index is 4.22. The maximum absolute atomic E-state index is 11.0. The second-order valence-corrected chi connectivity index (χ2v) is 4.72. The fourth-order valence-corrected chi connectivity index (χ4v) is 2.03. The summed E-state index contributed by atoms with van der Waals surface area (Å²) in [5.41, 5.74) is 0. The summed E-state index contributed by atoms with van der Waals surface area (Å²) in [5.74, 6) is -3.98. The molecule has 2 unspecified atom stereocenters. The van der Waals surface area contributed by atoms with E-state index in [-0.39, 0.29) is 19.3 Å². The van der Waals surface area contributed by atoms with Gasteiger partial charge in [-0.3, -0.25) is 14.4 Å². The van der Waals surface area contributed by atoms with Crippen molar-refractivity contribution in [1.29, 1.82) is 0 Å². The van der Waals surface area contributed by atoms with Crippen LogP contribution in [0.3, 0.4) is 0 Å². The van der Waals surface area contributed by atoms with Gasteiger partial charge in [0.05, 0.1) is 11.8 Å². The molecule has 0 amide bonds. The third-order valence-corrected chi connectivity index (χ3v) is 3.14. The molecule has 0 aromatic rings. The minimum absolute atomic E-state index is 0.0545. The molecular weight excluding hydrogens is 252 g/mol. The van der Waals surface area contributed by atoms with Crippen LogP contribution in [0.5, 0.6) is 0 Å². The first-order valence-corrected chi connectivity index (χ1v) is 6.55. The van der Waals surface area contributed by atoms with Crippen LogP contribution in [0.25, 0.3) is 0 Å². The highest BCUT2D eigenvalue weighted by molar-refractivity contribution is 5.71. The summed E-state index contributed by atoms with van der Waals surface area (Å²) in [5, 5.41) is 26.5. The monoisotopic (exact) mass is 274 g/mol. The molecule has 6 heteroatoms. The van der Waals surface area contributed by atoms with Gasteiger partial charge in [0.2, 0.25) is 0 Å². The van der Waals surface area contributed by atoms with Crippen LogP contribution in [0.15, 0.2) is 0 Å². The number of carbonyl (C=O) groups is 3. The van der Waals surface area contributed by atoms with Crippen LogP contribution >= 0.6 is 0 Å². The molecule has 0 aromatic heterocycles. The van der Waals surface area contributed by atoms with Gasteiger partial charge in [0.15, 0.2) is 0 Å². The first-order valence-electron chi connectivity index (χ1n) is 6.55. The molecule has 19 heavy (non-hydrogen) atoms. The average molecular weight is 274 g/mol. The average Bonchev–Trinajstić information content (AvgIpc) is 2.30. The molecule has 0 bridgehead atoms. The standard InChI is InChI=1S/C13H22O6/c1-2-4-9(12(16)17)7-8-10(13(18)19)5-3-6-11(14)15/h9-10H,2-8H2,1H3,(H,14,15)(H,16,17)(H,18,19). The van der Waals surface area contributed by atoms with Crippen LogP contribution in [0.1, 0.15) is 51.9 Å². The van der Waals surface area contributed by atoms with Crippen LogP contribution < -0.4 is 0 Å². The van der Waals surface area contributed by atoms with E-state index in [1.807, 2.05) is 6.92 Å². The van der Waals surface area contributed by atoms with E-state index >= 15 is 0 Å². The van der Waals surface area contributed by atoms with Crippen molar-refractivity contribution in [1.82, 2.24) is 0 Å². The van der Waals surface area contributed by atoms with Crippen LogP contribution in [0.4, 0.5) is 0 Å². The third-order valence-electron chi connectivity index (χ3n) is 3.14. The second kappa shape index (κ2) is 9.35. The lowest BCUT2D eigenvalue weighted by atomic mass is 9.90. The summed E-state index contributed by atoms with van der Waals surface area (Å²) < 4.78 is 0. The number of aliphatic carboxylic acids is 3. The molecule has 2 atom stereocenters. The highest BCUT2D eigenvalue weighted by Crippen LogP contribution is 2.21. The van der Waals surface area contributed by atoms with Crippen LogP contribution in [-0.4, -0.2) is 33.2 Å². The molecule has 110 valence electrons. The summed E-state index contributed by atoms with van der Waals surface area (Å²) in [6.07, 6.45) is 2.42. The predicted molar refractivity (Wildman–Crippen MR) is 67.9 cm³/mol. The normalized spacial score (nSPS) is 13.7. The molecule has 0 saturated heterocycles. The summed E-state index contributed by atoms with van der Waals surface area (Å²) in [6.45, 7) is 1.89. The Morgan fingerprint density at radius 1 is 0.842 bits per heavy atom. The van der Waals surface area contributed by atoms with Gasteiger partial charge in [0, 0.05) is 6.42 Å². The SMILES string of the molecule is CCCC(CCC(CCCC(=O)O)C(=O)O)C(=O)O. The predicted octanol–water partition coefficient (Wildman–Crippen LogP) is 2.22. The Morgan fingerprint density at radius 3 is 1.68 bits per heavy atom. The quantitative estimate of drug-likeness (QED) is 0.532. The van der Waals surface area contributed by atoms with Crippen molar-refractivity contribution in [3.63, 3.8) is 0 Å². The molecule has 0 aromatic carbocycles. The topological polar surface area (TPSA) is 112 Å². The van der Waals surface area contributed by atoms with Crippen LogP contribution in [0.2, 0.25) is 0 Å².